The number of carboxylic acid groups (broad SMARTS) is 1. The molecule has 2 amide bonds. The fraction of sp³-hybridized carbons (Fsp3) is 0.263. The normalized spacial score (nSPS) is 13.9. The topological polar surface area (TPSA) is 99.6 Å². The lowest BCUT2D eigenvalue weighted by atomic mass is 10.1. The molecule has 0 saturated carbocycles. The van der Waals surface area contributed by atoms with Gasteiger partial charge in [0.15, 0.2) is 0 Å². The number of nitrogens with one attached hydrogen (secondary N) is 1. The van der Waals surface area contributed by atoms with E-state index in [1.165, 1.54) is 18.3 Å². The molecule has 2 heterocycles. The van der Waals surface area contributed by atoms with Gasteiger partial charge < -0.3 is 15.3 Å². The standard InChI is InChI=1S/C19H19N3O4S/c23-17(22-7-9-27-10-8-22)11-13-1-3-15(4-2-13)21-18(24)14-5-6-20-16(12-14)19(25)26/h1-6,12H,7-11H2,(H,21,24)(H,25,26). The molecule has 1 aliphatic rings. The van der Waals surface area contributed by atoms with Crippen LogP contribution in [-0.2, 0) is 11.2 Å². The molecule has 0 aliphatic carbocycles. The Hall–Kier alpha value is -2.87. The van der Waals surface area contributed by atoms with Crippen LogP contribution in [0.1, 0.15) is 26.4 Å². The number of aromatic nitrogens is 1. The van der Waals surface area contributed by atoms with Gasteiger partial charge in [-0.2, -0.15) is 11.8 Å². The molecule has 1 saturated heterocycles. The van der Waals surface area contributed by atoms with Crippen LogP contribution in [0.25, 0.3) is 0 Å². The van der Waals surface area contributed by atoms with E-state index in [0.29, 0.717) is 12.1 Å². The number of hydrogen-bond acceptors (Lipinski definition) is 5. The van der Waals surface area contributed by atoms with E-state index in [1.807, 2.05) is 16.7 Å². The molecule has 1 aromatic heterocycles. The second kappa shape index (κ2) is 8.68. The van der Waals surface area contributed by atoms with Crippen LogP contribution in [0.5, 0.6) is 0 Å². The Balaban J connectivity index is 1.60. The first-order valence-electron chi connectivity index (χ1n) is 8.48. The fourth-order valence-electron chi connectivity index (χ4n) is 2.70. The zero-order chi connectivity index (χ0) is 19.2. The van der Waals surface area contributed by atoms with Gasteiger partial charge in [0.05, 0.1) is 6.42 Å². The molecular formula is C19H19N3O4S. The number of rotatable bonds is 5. The van der Waals surface area contributed by atoms with Gasteiger partial charge in [0.25, 0.3) is 5.91 Å². The van der Waals surface area contributed by atoms with Crippen LogP contribution in [0.3, 0.4) is 0 Å². The Bertz CT molecular complexity index is 848. The molecule has 2 aromatic rings. The lowest BCUT2D eigenvalue weighted by molar-refractivity contribution is -0.130. The van der Waals surface area contributed by atoms with Gasteiger partial charge in [-0.3, -0.25) is 9.59 Å². The SMILES string of the molecule is O=C(Nc1ccc(CC(=O)N2CCSCC2)cc1)c1ccnc(C(=O)O)c1. The molecule has 1 aromatic carbocycles. The zero-order valence-corrected chi connectivity index (χ0v) is 15.4. The summed E-state index contributed by atoms with van der Waals surface area (Å²) in [4.78, 5) is 41.1. The number of nitrogens with zero attached hydrogens (tertiary/aromatic N) is 2. The minimum Gasteiger partial charge on any atom is -0.477 e. The van der Waals surface area contributed by atoms with Crippen LogP contribution in [0.15, 0.2) is 42.6 Å². The van der Waals surface area contributed by atoms with Crippen molar-refractivity contribution in [1.82, 2.24) is 9.88 Å². The Morgan fingerprint density at radius 2 is 1.81 bits per heavy atom. The Morgan fingerprint density at radius 1 is 1.11 bits per heavy atom. The van der Waals surface area contributed by atoms with Gasteiger partial charge in [0.2, 0.25) is 5.91 Å². The van der Waals surface area contributed by atoms with Crippen molar-refractivity contribution in [2.75, 3.05) is 29.9 Å². The average Bonchev–Trinajstić information content (AvgIpc) is 2.70. The second-order valence-electron chi connectivity index (χ2n) is 6.06. The largest absolute Gasteiger partial charge is 0.477 e. The van der Waals surface area contributed by atoms with Crippen LogP contribution < -0.4 is 5.32 Å². The van der Waals surface area contributed by atoms with Crippen molar-refractivity contribution in [2.24, 2.45) is 0 Å². The first-order valence-corrected chi connectivity index (χ1v) is 9.63. The monoisotopic (exact) mass is 385 g/mol. The first-order chi connectivity index (χ1) is 13.0. The highest BCUT2D eigenvalue weighted by atomic mass is 32.2. The van der Waals surface area contributed by atoms with Gasteiger partial charge in [-0.1, -0.05) is 12.1 Å². The summed E-state index contributed by atoms with van der Waals surface area (Å²) >= 11 is 1.86. The molecule has 0 atom stereocenters. The number of carbonyl (C=O) groups is 3. The molecule has 0 unspecified atom stereocenters. The number of pyridine rings is 1. The highest BCUT2D eigenvalue weighted by Crippen LogP contribution is 2.15. The molecular weight excluding hydrogens is 366 g/mol. The van der Waals surface area contributed by atoms with E-state index >= 15 is 0 Å². The molecule has 8 heteroatoms. The molecule has 140 valence electrons. The Kier molecular flexibility index (Phi) is 6.08. The minimum atomic E-state index is -1.19. The Morgan fingerprint density at radius 3 is 2.48 bits per heavy atom. The fourth-order valence-corrected chi connectivity index (χ4v) is 3.60. The van der Waals surface area contributed by atoms with E-state index in [9.17, 15) is 14.4 Å². The van der Waals surface area contributed by atoms with Crippen LogP contribution >= 0.6 is 11.8 Å². The number of hydrogen-bond donors (Lipinski definition) is 2. The highest BCUT2D eigenvalue weighted by Gasteiger charge is 2.17. The summed E-state index contributed by atoms with van der Waals surface area (Å²) in [7, 11) is 0. The lowest BCUT2D eigenvalue weighted by Crippen LogP contribution is -2.38. The maximum absolute atomic E-state index is 12.3. The van der Waals surface area contributed by atoms with E-state index in [1.54, 1.807) is 24.3 Å². The van der Waals surface area contributed by atoms with Crippen molar-refractivity contribution in [3.8, 4) is 0 Å². The predicted octanol–water partition coefficient (Wildman–Crippen LogP) is 2.15. The van der Waals surface area contributed by atoms with Gasteiger partial charge in [-0.05, 0) is 29.8 Å². The van der Waals surface area contributed by atoms with Gasteiger partial charge in [0, 0.05) is 42.0 Å². The van der Waals surface area contributed by atoms with Crippen LogP contribution in [0.4, 0.5) is 5.69 Å². The van der Waals surface area contributed by atoms with Crippen molar-refractivity contribution >= 4 is 35.2 Å². The molecule has 0 spiro atoms. The van der Waals surface area contributed by atoms with E-state index in [2.05, 4.69) is 10.3 Å². The molecule has 2 N–H and O–H groups in total. The molecule has 0 radical (unpaired) electrons. The number of amides is 2. The van der Waals surface area contributed by atoms with Crippen molar-refractivity contribution < 1.29 is 19.5 Å². The molecule has 3 rings (SSSR count). The zero-order valence-electron chi connectivity index (χ0n) is 14.6. The third kappa shape index (κ3) is 5.07. The number of anilines is 1. The summed E-state index contributed by atoms with van der Waals surface area (Å²) < 4.78 is 0. The summed E-state index contributed by atoms with van der Waals surface area (Å²) in [5.41, 5.74) is 1.48. The van der Waals surface area contributed by atoms with Crippen molar-refractivity contribution in [3.05, 3.63) is 59.4 Å². The van der Waals surface area contributed by atoms with Crippen LogP contribution in [0.2, 0.25) is 0 Å². The van der Waals surface area contributed by atoms with Gasteiger partial charge in [0.1, 0.15) is 5.69 Å². The number of aromatic carboxylic acids is 1. The van der Waals surface area contributed by atoms with E-state index < -0.39 is 11.9 Å². The Labute approximate surface area is 160 Å². The van der Waals surface area contributed by atoms with Gasteiger partial charge in [-0.15, -0.1) is 0 Å². The predicted molar refractivity (Wildman–Crippen MR) is 103 cm³/mol. The number of carboxylic acids is 1. The molecule has 1 aliphatic heterocycles. The summed E-state index contributed by atoms with van der Waals surface area (Å²) in [6.45, 7) is 1.59. The van der Waals surface area contributed by atoms with Crippen molar-refractivity contribution in [1.29, 1.82) is 0 Å². The maximum Gasteiger partial charge on any atom is 0.354 e. The highest BCUT2D eigenvalue weighted by molar-refractivity contribution is 7.99. The number of carbonyl (C=O) groups excluding carboxylic acids is 2. The smallest absolute Gasteiger partial charge is 0.354 e. The quantitative estimate of drug-likeness (QED) is 0.818. The molecule has 27 heavy (non-hydrogen) atoms. The first kappa shape index (κ1) is 18.9. The van der Waals surface area contributed by atoms with E-state index in [4.69, 9.17) is 5.11 Å². The third-order valence-electron chi connectivity index (χ3n) is 4.17. The summed E-state index contributed by atoms with van der Waals surface area (Å²) in [6, 6.07) is 9.74. The van der Waals surface area contributed by atoms with Crippen LogP contribution in [0, 0.1) is 0 Å². The molecule has 1 fully saturated rings. The van der Waals surface area contributed by atoms with E-state index in [-0.39, 0.29) is 17.2 Å². The summed E-state index contributed by atoms with van der Waals surface area (Å²) in [5.74, 6) is 0.468. The number of thioether (sulfide) groups is 1. The average molecular weight is 385 g/mol. The second-order valence-corrected chi connectivity index (χ2v) is 7.28. The minimum absolute atomic E-state index is 0.116. The summed E-state index contributed by atoms with van der Waals surface area (Å²) in [5, 5.41) is 11.7. The van der Waals surface area contributed by atoms with Gasteiger partial charge >= 0.3 is 5.97 Å². The van der Waals surface area contributed by atoms with E-state index in [0.717, 1.165) is 30.2 Å². The summed E-state index contributed by atoms with van der Waals surface area (Å²) in [6.07, 6.45) is 1.62. The number of benzene rings is 1. The van der Waals surface area contributed by atoms with Gasteiger partial charge in [-0.25, -0.2) is 9.78 Å². The van der Waals surface area contributed by atoms with Crippen LogP contribution in [-0.4, -0.2) is 57.4 Å². The molecule has 0 bridgehead atoms. The molecule has 7 nitrogen and oxygen atoms in total. The van der Waals surface area contributed by atoms with Crippen molar-refractivity contribution in [3.63, 3.8) is 0 Å². The maximum atomic E-state index is 12.3. The lowest BCUT2D eigenvalue weighted by Gasteiger charge is -2.26. The van der Waals surface area contributed by atoms with Crippen molar-refractivity contribution in [2.45, 2.75) is 6.42 Å². The third-order valence-corrected chi connectivity index (χ3v) is 5.11.